The van der Waals surface area contributed by atoms with Crippen molar-refractivity contribution in [2.45, 2.75) is 33.1 Å². The van der Waals surface area contributed by atoms with Crippen LogP contribution in [0.1, 0.15) is 35.3 Å². The first-order valence-electron chi connectivity index (χ1n) is 8.59. The van der Waals surface area contributed by atoms with Crippen molar-refractivity contribution in [3.8, 4) is 0 Å². The molecule has 4 rings (SSSR count). The molecule has 0 fully saturated rings. The van der Waals surface area contributed by atoms with Gasteiger partial charge in [0.2, 0.25) is 5.91 Å². The Hall–Kier alpha value is -2.07. The van der Waals surface area contributed by atoms with Crippen LogP contribution in [0.3, 0.4) is 0 Å². The Morgan fingerprint density at radius 1 is 1.16 bits per heavy atom. The third-order valence-corrected chi connectivity index (χ3v) is 5.61. The Labute approximate surface area is 155 Å². The number of carbonyl (C=O) groups is 1. The quantitative estimate of drug-likeness (QED) is 0.583. The Bertz CT molecular complexity index is 989. The molecule has 0 unspecified atom stereocenters. The number of hydrogen-bond donors (Lipinski definition) is 0. The zero-order valence-corrected chi connectivity index (χ0v) is 16.2. The highest BCUT2D eigenvalue weighted by Gasteiger charge is 2.37. The molecule has 0 saturated carbocycles. The summed E-state index contributed by atoms with van der Waals surface area (Å²) in [4.78, 5) is 14.8. The number of benzene rings is 2. The Balaban J connectivity index is 1.77. The van der Waals surface area contributed by atoms with E-state index in [4.69, 9.17) is 4.42 Å². The van der Waals surface area contributed by atoms with Crippen LogP contribution in [-0.4, -0.2) is 12.5 Å². The maximum absolute atomic E-state index is 13.0. The monoisotopic (exact) mass is 397 g/mol. The van der Waals surface area contributed by atoms with E-state index in [1.165, 1.54) is 5.56 Å². The molecule has 0 radical (unpaired) electrons. The summed E-state index contributed by atoms with van der Waals surface area (Å²) >= 11 is 3.54. The third kappa shape index (κ3) is 2.60. The second-order valence-electron chi connectivity index (χ2n) is 6.69. The smallest absolute Gasteiger partial charge is 0.235 e. The van der Waals surface area contributed by atoms with E-state index in [9.17, 15) is 4.79 Å². The summed E-state index contributed by atoms with van der Waals surface area (Å²) in [6, 6.07) is 12.3. The van der Waals surface area contributed by atoms with Crippen LogP contribution in [-0.2, 0) is 11.2 Å². The van der Waals surface area contributed by atoms with Crippen LogP contribution in [0.25, 0.3) is 11.0 Å². The van der Waals surface area contributed by atoms with Crippen LogP contribution >= 0.6 is 15.9 Å². The molecule has 3 nitrogen and oxygen atoms in total. The number of anilines is 1. The van der Waals surface area contributed by atoms with Gasteiger partial charge in [0.25, 0.3) is 0 Å². The zero-order valence-electron chi connectivity index (χ0n) is 14.6. The Morgan fingerprint density at radius 3 is 2.72 bits per heavy atom. The van der Waals surface area contributed by atoms with Crippen LogP contribution in [0.2, 0.25) is 0 Å². The number of rotatable bonds is 3. The summed E-state index contributed by atoms with van der Waals surface area (Å²) in [5.41, 5.74) is 5.34. The molecule has 1 atom stereocenters. The molecule has 1 amide bonds. The largest absolute Gasteiger partial charge is 0.461 e. The molecule has 128 valence electrons. The topological polar surface area (TPSA) is 33.5 Å². The fraction of sp³-hybridized carbons (Fsp3) is 0.286. The van der Waals surface area contributed by atoms with Gasteiger partial charge in [-0.05, 0) is 62.2 Å². The number of furan rings is 1. The van der Waals surface area contributed by atoms with Gasteiger partial charge in [0, 0.05) is 28.5 Å². The molecule has 2 aromatic carbocycles. The summed E-state index contributed by atoms with van der Waals surface area (Å²) in [7, 11) is 0. The van der Waals surface area contributed by atoms with Crippen molar-refractivity contribution in [1.82, 2.24) is 0 Å². The summed E-state index contributed by atoms with van der Waals surface area (Å²) in [6.45, 7) is 6.86. The molecule has 25 heavy (non-hydrogen) atoms. The molecule has 0 bridgehead atoms. The number of halogens is 1. The molecule has 1 aliphatic heterocycles. The van der Waals surface area contributed by atoms with Gasteiger partial charge in [0.05, 0.1) is 5.92 Å². The SMILES string of the molecule is CCN1C(=O)[C@@H](Cc2oc3ccc(C)cc3c2C)c2cc(Br)ccc21. The molecular formula is C21H20BrNO2. The number of nitrogens with zero attached hydrogens (tertiary/aromatic N) is 1. The summed E-state index contributed by atoms with van der Waals surface area (Å²) in [5, 5.41) is 1.14. The van der Waals surface area contributed by atoms with Gasteiger partial charge in [0.1, 0.15) is 11.3 Å². The van der Waals surface area contributed by atoms with Crippen molar-refractivity contribution in [2.75, 3.05) is 11.4 Å². The maximum atomic E-state index is 13.0. The predicted molar refractivity (Wildman–Crippen MR) is 104 cm³/mol. The fourth-order valence-corrected chi connectivity index (χ4v) is 4.16. The molecular weight excluding hydrogens is 378 g/mol. The third-order valence-electron chi connectivity index (χ3n) is 5.12. The summed E-state index contributed by atoms with van der Waals surface area (Å²) in [5.74, 6) is 0.877. The first-order valence-corrected chi connectivity index (χ1v) is 9.38. The highest BCUT2D eigenvalue weighted by atomic mass is 79.9. The van der Waals surface area contributed by atoms with Crippen LogP contribution in [0, 0.1) is 13.8 Å². The van der Waals surface area contributed by atoms with E-state index in [-0.39, 0.29) is 11.8 Å². The lowest BCUT2D eigenvalue weighted by atomic mass is 9.94. The molecule has 0 aliphatic carbocycles. The van der Waals surface area contributed by atoms with Crippen LogP contribution in [0.4, 0.5) is 5.69 Å². The first-order chi connectivity index (χ1) is 12.0. The average Bonchev–Trinajstić information content (AvgIpc) is 3.03. The van der Waals surface area contributed by atoms with E-state index in [0.717, 1.165) is 38.0 Å². The number of fused-ring (bicyclic) bond motifs is 2. The van der Waals surface area contributed by atoms with Gasteiger partial charge in [-0.25, -0.2) is 0 Å². The van der Waals surface area contributed by atoms with Crippen LogP contribution in [0.15, 0.2) is 45.3 Å². The molecule has 1 aromatic heterocycles. The molecule has 0 N–H and O–H groups in total. The van der Waals surface area contributed by atoms with Crippen molar-refractivity contribution in [1.29, 1.82) is 0 Å². The minimum atomic E-state index is -0.187. The van der Waals surface area contributed by atoms with Gasteiger partial charge in [0.15, 0.2) is 0 Å². The van der Waals surface area contributed by atoms with Gasteiger partial charge in [-0.2, -0.15) is 0 Å². The normalized spacial score (nSPS) is 16.7. The van der Waals surface area contributed by atoms with Gasteiger partial charge in [-0.1, -0.05) is 27.6 Å². The minimum Gasteiger partial charge on any atom is -0.461 e. The lowest BCUT2D eigenvalue weighted by molar-refractivity contribution is -0.119. The molecule has 0 spiro atoms. The highest BCUT2D eigenvalue weighted by Crippen LogP contribution is 2.41. The molecule has 1 aliphatic rings. The van der Waals surface area contributed by atoms with E-state index in [1.54, 1.807) is 0 Å². The molecule has 0 saturated heterocycles. The summed E-state index contributed by atoms with van der Waals surface area (Å²) < 4.78 is 7.09. The summed E-state index contributed by atoms with van der Waals surface area (Å²) in [6.07, 6.45) is 0.596. The van der Waals surface area contributed by atoms with E-state index in [0.29, 0.717) is 13.0 Å². The number of hydrogen-bond acceptors (Lipinski definition) is 2. The Morgan fingerprint density at radius 2 is 1.96 bits per heavy atom. The van der Waals surface area contributed by atoms with Gasteiger partial charge in [-0.3, -0.25) is 4.79 Å². The van der Waals surface area contributed by atoms with E-state index >= 15 is 0 Å². The highest BCUT2D eigenvalue weighted by molar-refractivity contribution is 9.10. The van der Waals surface area contributed by atoms with E-state index < -0.39 is 0 Å². The van der Waals surface area contributed by atoms with Crippen molar-refractivity contribution in [3.63, 3.8) is 0 Å². The second kappa shape index (κ2) is 6.03. The first kappa shape index (κ1) is 16.4. The molecule has 4 heteroatoms. The number of likely N-dealkylation sites (N-methyl/N-ethyl adjacent to an activating group) is 1. The maximum Gasteiger partial charge on any atom is 0.235 e. The average molecular weight is 398 g/mol. The lowest BCUT2D eigenvalue weighted by Crippen LogP contribution is -2.29. The van der Waals surface area contributed by atoms with Crippen molar-refractivity contribution in [3.05, 3.63) is 63.3 Å². The minimum absolute atomic E-state index is 0.159. The lowest BCUT2D eigenvalue weighted by Gasteiger charge is -2.15. The number of aryl methyl sites for hydroxylation is 2. The van der Waals surface area contributed by atoms with Gasteiger partial charge in [-0.15, -0.1) is 0 Å². The molecule has 2 heterocycles. The van der Waals surface area contributed by atoms with E-state index in [1.807, 2.05) is 30.0 Å². The van der Waals surface area contributed by atoms with Crippen LogP contribution < -0.4 is 4.90 Å². The Kier molecular flexibility index (Phi) is 3.95. The van der Waals surface area contributed by atoms with Crippen molar-refractivity contribution >= 4 is 38.5 Å². The van der Waals surface area contributed by atoms with Crippen LogP contribution in [0.5, 0.6) is 0 Å². The van der Waals surface area contributed by atoms with E-state index in [2.05, 4.69) is 48.0 Å². The number of amides is 1. The van der Waals surface area contributed by atoms with Crippen molar-refractivity contribution < 1.29 is 9.21 Å². The number of carbonyl (C=O) groups excluding carboxylic acids is 1. The van der Waals surface area contributed by atoms with Gasteiger partial charge < -0.3 is 9.32 Å². The zero-order chi connectivity index (χ0) is 17.7. The predicted octanol–water partition coefficient (Wildman–Crippen LogP) is 5.50. The second-order valence-corrected chi connectivity index (χ2v) is 7.61. The van der Waals surface area contributed by atoms with Crippen molar-refractivity contribution in [2.24, 2.45) is 0 Å². The molecule has 3 aromatic rings. The fourth-order valence-electron chi connectivity index (χ4n) is 3.78. The standard InChI is InChI=1S/C21H20BrNO2/c1-4-23-18-7-6-14(22)10-16(18)17(21(23)24)11-20-13(3)15-9-12(2)5-8-19(15)25-20/h5-10,17H,4,11H2,1-3H3/t17-/m0/s1. The van der Waals surface area contributed by atoms with Gasteiger partial charge >= 0.3 is 0 Å².